The molecule has 3 aromatic heterocycles. The third kappa shape index (κ3) is 4.98. The van der Waals surface area contributed by atoms with Gasteiger partial charge in [0.1, 0.15) is 28.7 Å². The van der Waals surface area contributed by atoms with E-state index in [0.29, 0.717) is 50.2 Å². The number of nitrogens with zero attached hydrogens (tertiary/aromatic N) is 3. The van der Waals surface area contributed by atoms with Gasteiger partial charge in [0.05, 0.1) is 34.4 Å². The number of fused-ring (bicyclic) bond motifs is 6. The number of amides is 1. The largest absolute Gasteiger partial charge is 0.464 e. The molecular weight excluding hydrogens is 663 g/mol. The number of aromatic nitrogens is 2. The van der Waals surface area contributed by atoms with Gasteiger partial charge in [0, 0.05) is 47.6 Å². The van der Waals surface area contributed by atoms with Crippen molar-refractivity contribution in [3.63, 3.8) is 0 Å². The molecule has 1 atom stereocenters. The number of sulfonamides is 1. The number of carbonyl (C=O) groups is 1. The van der Waals surface area contributed by atoms with Gasteiger partial charge in [-0.3, -0.25) is 13.7 Å². The highest BCUT2D eigenvalue weighted by atomic mass is 32.2. The summed E-state index contributed by atoms with van der Waals surface area (Å²) in [5.41, 5.74) is 4.36. The lowest BCUT2D eigenvalue weighted by Crippen LogP contribution is -2.25. The second kappa shape index (κ2) is 11.6. The van der Waals surface area contributed by atoms with Crippen LogP contribution >= 0.6 is 0 Å². The lowest BCUT2D eigenvalue weighted by Gasteiger charge is -2.30. The van der Waals surface area contributed by atoms with Crippen LogP contribution in [0.5, 0.6) is 5.75 Å². The van der Waals surface area contributed by atoms with Crippen LogP contribution in [-0.4, -0.2) is 44.2 Å². The number of hydrogen-bond donors (Lipinski definition) is 1. The van der Waals surface area contributed by atoms with Crippen LogP contribution in [0.4, 0.5) is 14.5 Å². The lowest BCUT2D eigenvalue weighted by atomic mass is 10.00. The van der Waals surface area contributed by atoms with Crippen LogP contribution < -0.4 is 14.4 Å². The molecule has 0 radical (unpaired) electrons. The monoisotopic (exact) mass is 690 g/mol. The Hall–Kier alpha value is -6.01. The van der Waals surface area contributed by atoms with Gasteiger partial charge in [-0.2, -0.15) is 0 Å². The van der Waals surface area contributed by atoms with Gasteiger partial charge in [0.15, 0.2) is 5.75 Å². The fourth-order valence-corrected chi connectivity index (χ4v) is 6.97. The third-order valence-corrected chi connectivity index (χ3v) is 10.2. The highest BCUT2D eigenvalue weighted by Crippen LogP contribution is 2.46. The molecule has 0 bridgehead atoms. The minimum absolute atomic E-state index is 0.187. The van der Waals surface area contributed by atoms with Gasteiger partial charge in [-0.15, -0.1) is 0 Å². The van der Waals surface area contributed by atoms with Crippen molar-refractivity contribution < 1.29 is 31.1 Å². The molecule has 7 aromatic rings. The molecule has 9 nitrogen and oxygen atoms in total. The van der Waals surface area contributed by atoms with Crippen molar-refractivity contribution in [2.24, 2.45) is 0 Å². The normalized spacial score (nSPS) is 13.9. The highest BCUT2D eigenvalue weighted by molar-refractivity contribution is 7.92. The molecule has 0 aliphatic carbocycles. The summed E-state index contributed by atoms with van der Waals surface area (Å²) in [6.45, 7) is 0. The number of nitrogens with one attached hydrogen (secondary N) is 1. The number of benzene rings is 4. The number of ether oxygens (including phenoxy) is 1. The molecule has 0 saturated carbocycles. The third-order valence-electron chi connectivity index (χ3n) is 8.97. The topological polar surface area (TPSA) is 107 Å². The van der Waals surface area contributed by atoms with Crippen LogP contribution in [-0.2, 0) is 10.0 Å². The van der Waals surface area contributed by atoms with E-state index in [9.17, 15) is 17.6 Å². The molecular formula is C38H28F2N4O5S. The number of carbonyl (C=O) groups excluding carboxylic acids is 1. The number of furan rings is 1. The molecule has 4 heterocycles. The summed E-state index contributed by atoms with van der Waals surface area (Å²) in [6.07, 6.45) is 0.466. The van der Waals surface area contributed by atoms with Crippen LogP contribution in [0.15, 0.2) is 108 Å². The van der Waals surface area contributed by atoms with E-state index in [1.54, 1.807) is 36.4 Å². The first kappa shape index (κ1) is 31.3. The van der Waals surface area contributed by atoms with Crippen molar-refractivity contribution in [1.29, 1.82) is 0 Å². The molecule has 1 aliphatic rings. The molecule has 0 saturated heterocycles. The molecule has 4 aromatic carbocycles. The number of hydrogen-bond acceptors (Lipinski definition) is 6. The quantitative estimate of drug-likeness (QED) is 0.191. The van der Waals surface area contributed by atoms with E-state index in [1.165, 1.54) is 44.4 Å². The standard InChI is InChI=1S/C38H28F2N4O5S/c1-41-37(45)34-26-18-25(30(43(2)50(3,46)47)20-33(26)48-36(34)21-12-14-23(39)15-13-21)28-16-17-32-35(42-28)31-19-24-27(40)10-7-11-29(24)44(31)38(49-32)22-8-5-4-6-9-22/h4-20,38H,1-3H3,(H,41,45). The maximum atomic E-state index is 15.2. The van der Waals surface area contributed by atoms with Crippen molar-refractivity contribution in [3.05, 3.63) is 126 Å². The zero-order valence-corrected chi connectivity index (χ0v) is 27.8. The second-order valence-corrected chi connectivity index (χ2v) is 14.0. The van der Waals surface area contributed by atoms with Crippen molar-refractivity contribution in [3.8, 4) is 39.7 Å². The maximum absolute atomic E-state index is 15.2. The van der Waals surface area contributed by atoms with Gasteiger partial charge in [-0.25, -0.2) is 22.2 Å². The van der Waals surface area contributed by atoms with Crippen LogP contribution in [0.3, 0.4) is 0 Å². The molecule has 1 amide bonds. The Kier molecular flexibility index (Phi) is 7.23. The molecule has 12 heteroatoms. The molecule has 1 unspecified atom stereocenters. The first-order valence-electron chi connectivity index (χ1n) is 15.6. The molecule has 0 spiro atoms. The van der Waals surface area contributed by atoms with Gasteiger partial charge in [-0.1, -0.05) is 36.4 Å². The minimum atomic E-state index is -3.79. The first-order valence-corrected chi connectivity index (χ1v) is 17.4. The van der Waals surface area contributed by atoms with Crippen LogP contribution in [0.2, 0.25) is 0 Å². The molecule has 8 rings (SSSR count). The Morgan fingerprint density at radius 1 is 0.920 bits per heavy atom. The zero-order valence-electron chi connectivity index (χ0n) is 26.9. The van der Waals surface area contributed by atoms with Crippen molar-refractivity contribution >= 4 is 43.5 Å². The summed E-state index contributed by atoms with van der Waals surface area (Å²) in [6, 6.07) is 28.4. The molecule has 50 heavy (non-hydrogen) atoms. The Morgan fingerprint density at radius 2 is 1.68 bits per heavy atom. The molecule has 1 N–H and O–H groups in total. The number of halogens is 2. The minimum Gasteiger partial charge on any atom is -0.464 e. The molecule has 1 aliphatic heterocycles. The van der Waals surface area contributed by atoms with Crippen molar-refractivity contribution in [2.45, 2.75) is 6.23 Å². The van der Waals surface area contributed by atoms with Gasteiger partial charge in [0.2, 0.25) is 16.3 Å². The summed E-state index contributed by atoms with van der Waals surface area (Å²) in [5, 5.41) is 3.43. The summed E-state index contributed by atoms with van der Waals surface area (Å²) in [4.78, 5) is 18.4. The summed E-state index contributed by atoms with van der Waals surface area (Å²) >= 11 is 0. The second-order valence-electron chi connectivity index (χ2n) is 12.0. The Labute approximate surface area is 285 Å². The number of rotatable bonds is 6. The van der Waals surface area contributed by atoms with E-state index in [0.717, 1.165) is 16.1 Å². The van der Waals surface area contributed by atoms with E-state index >= 15 is 4.39 Å². The summed E-state index contributed by atoms with van der Waals surface area (Å²) < 4.78 is 70.7. The van der Waals surface area contributed by atoms with E-state index in [1.807, 2.05) is 41.0 Å². The van der Waals surface area contributed by atoms with E-state index < -0.39 is 33.8 Å². The van der Waals surface area contributed by atoms with Crippen LogP contribution in [0, 0.1) is 11.6 Å². The summed E-state index contributed by atoms with van der Waals surface area (Å²) in [5.74, 6) is -0.663. The lowest BCUT2D eigenvalue weighted by molar-refractivity contribution is 0.0964. The number of pyridine rings is 1. The van der Waals surface area contributed by atoms with E-state index in [2.05, 4.69) is 5.32 Å². The van der Waals surface area contributed by atoms with Crippen molar-refractivity contribution in [1.82, 2.24) is 14.9 Å². The molecule has 0 fully saturated rings. The van der Waals surface area contributed by atoms with E-state index in [-0.39, 0.29) is 22.6 Å². The Balaban J connectivity index is 1.38. The maximum Gasteiger partial charge on any atom is 0.255 e. The predicted octanol–water partition coefficient (Wildman–Crippen LogP) is 7.76. The van der Waals surface area contributed by atoms with Gasteiger partial charge in [0.25, 0.3) is 5.91 Å². The summed E-state index contributed by atoms with van der Waals surface area (Å²) in [7, 11) is -0.893. The van der Waals surface area contributed by atoms with Crippen LogP contribution in [0.25, 0.3) is 55.8 Å². The van der Waals surface area contributed by atoms with Crippen molar-refractivity contribution in [2.75, 3.05) is 24.7 Å². The highest BCUT2D eigenvalue weighted by Gasteiger charge is 2.32. The fraction of sp³-hybridized carbons (Fsp3) is 0.105. The SMILES string of the molecule is CNC(=O)c1c(-c2ccc(F)cc2)oc2cc(N(C)S(C)(=O)=O)c(-c3ccc4c(n3)-c3cc5c(F)cccc5n3C(c3ccccc3)O4)cc12. The Bertz CT molecular complexity index is 2600. The predicted molar refractivity (Wildman–Crippen MR) is 188 cm³/mol. The van der Waals surface area contributed by atoms with Gasteiger partial charge in [-0.05, 0) is 60.7 Å². The molecule has 250 valence electrons. The average molecular weight is 691 g/mol. The fourth-order valence-electron chi connectivity index (χ4n) is 6.46. The average Bonchev–Trinajstić information content (AvgIpc) is 3.70. The van der Waals surface area contributed by atoms with E-state index in [4.69, 9.17) is 14.1 Å². The number of anilines is 1. The first-order chi connectivity index (χ1) is 24.0. The van der Waals surface area contributed by atoms with Gasteiger partial charge >= 0.3 is 0 Å². The smallest absolute Gasteiger partial charge is 0.255 e. The van der Waals surface area contributed by atoms with Gasteiger partial charge < -0.3 is 14.5 Å². The zero-order chi connectivity index (χ0) is 34.9. The van der Waals surface area contributed by atoms with Crippen LogP contribution in [0.1, 0.15) is 22.1 Å². The Morgan fingerprint density at radius 3 is 2.40 bits per heavy atom.